The van der Waals surface area contributed by atoms with Crippen LogP contribution < -0.4 is 10.2 Å². The molecule has 0 saturated carbocycles. The summed E-state index contributed by atoms with van der Waals surface area (Å²) in [6.45, 7) is 0. The summed E-state index contributed by atoms with van der Waals surface area (Å²) < 4.78 is 5.98. The predicted molar refractivity (Wildman–Crippen MR) is 101 cm³/mol. The quantitative estimate of drug-likeness (QED) is 0.440. The van der Waals surface area contributed by atoms with Gasteiger partial charge in [-0.2, -0.15) is 10.2 Å². The van der Waals surface area contributed by atoms with Gasteiger partial charge in [0.05, 0.1) is 19.0 Å². The smallest absolute Gasteiger partial charge is 0.289 e. The van der Waals surface area contributed by atoms with E-state index in [1.54, 1.807) is 24.3 Å². The predicted octanol–water partition coefficient (Wildman–Crippen LogP) is 3.32. The van der Waals surface area contributed by atoms with E-state index >= 15 is 0 Å². The number of H-pyrrole nitrogens is 1. The molecule has 132 valence electrons. The molecule has 0 aliphatic rings. The Morgan fingerprint density at radius 1 is 1.31 bits per heavy atom. The maximum absolute atomic E-state index is 12.2. The molecule has 2 aromatic carbocycles. The summed E-state index contributed by atoms with van der Waals surface area (Å²) in [5, 5.41) is 20.6. The number of phenolic OH excluding ortho intramolecular Hbond substituents is 1. The largest absolute Gasteiger partial charge is 0.504 e. The topological polar surface area (TPSA) is 99.6 Å². The Morgan fingerprint density at radius 2 is 2.08 bits per heavy atom. The van der Waals surface area contributed by atoms with Gasteiger partial charge < -0.3 is 9.84 Å². The molecule has 7 nitrogen and oxygen atoms in total. The number of para-hydroxylation sites is 1. The van der Waals surface area contributed by atoms with Crippen LogP contribution in [0.1, 0.15) is 16.1 Å². The number of aromatic nitrogens is 2. The summed E-state index contributed by atoms with van der Waals surface area (Å²) in [6.07, 6.45) is 1.34. The van der Waals surface area contributed by atoms with Gasteiger partial charge in [0, 0.05) is 15.6 Å². The highest BCUT2D eigenvalue weighted by Crippen LogP contribution is 2.28. The third kappa shape index (κ3) is 3.92. The molecule has 1 aromatic heterocycles. The second kappa shape index (κ2) is 7.83. The van der Waals surface area contributed by atoms with E-state index in [1.807, 2.05) is 24.3 Å². The van der Waals surface area contributed by atoms with Gasteiger partial charge in [-0.3, -0.25) is 9.89 Å². The Labute approximate surface area is 157 Å². The van der Waals surface area contributed by atoms with E-state index in [4.69, 9.17) is 4.74 Å². The number of benzene rings is 2. The van der Waals surface area contributed by atoms with Crippen LogP contribution in [0.4, 0.5) is 0 Å². The van der Waals surface area contributed by atoms with E-state index in [0.717, 1.165) is 10.0 Å². The molecule has 0 spiro atoms. The maximum Gasteiger partial charge on any atom is 0.289 e. The van der Waals surface area contributed by atoms with Gasteiger partial charge in [-0.25, -0.2) is 5.43 Å². The van der Waals surface area contributed by atoms with Gasteiger partial charge in [-0.15, -0.1) is 0 Å². The van der Waals surface area contributed by atoms with Gasteiger partial charge in [0.2, 0.25) is 0 Å². The zero-order chi connectivity index (χ0) is 18.5. The molecule has 1 heterocycles. The van der Waals surface area contributed by atoms with E-state index in [-0.39, 0.29) is 11.4 Å². The van der Waals surface area contributed by atoms with Crippen molar-refractivity contribution < 1.29 is 14.6 Å². The standard InChI is InChI=1S/C18H15BrN4O3/c1-26-16-4-2-3-12(17(16)24)10-20-23-18(25)15-9-14(21-22-15)11-5-7-13(19)8-6-11/h2-10,24H,1H3,(H,21,22)(H,23,25)/b20-10+. The van der Waals surface area contributed by atoms with Crippen LogP contribution in [-0.4, -0.2) is 34.5 Å². The Morgan fingerprint density at radius 3 is 2.81 bits per heavy atom. The number of hydrogen-bond donors (Lipinski definition) is 3. The number of ether oxygens (including phenoxy) is 1. The van der Waals surface area contributed by atoms with E-state index in [2.05, 4.69) is 36.7 Å². The molecule has 3 rings (SSSR count). The third-order valence-electron chi connectivity index (χ3n) is 3.58. The zero-order valence-corrected chi connectivity index (χ0v) is 15.3. The number of carbonyl (C=O) groups excluding carboxylic acids is 1. The van der Waals surface area contributed by atoms with Gasteiger partial charge in [0.1, 0.15) is 5.69 Å². The Kier molecular flexibility index (Phi) is 5.33. The van der Waals surface area contributed by atoms with Crippen molar-refractivity contribution in [2.45, 2.75) is 0 Å². The number of rotatable bonds is 5. The molecule has 0 saturated heterocycles. The molecule has 0 aliphatic carbocycles. The van der Waals surface area contributed by atoms with Crippen LogP contribution in [0.2, 0.25) is 0 Å². The molecule has 8 heteroatoms. The zero-order valence-electron chi connectivity index (χ0n) is 13.7. The van der Waals surface area contributed by atoms with Crippen LogP contribution >= 0.6 is 15.9 Å². The van der Waals surface area contributed by atoms with Crippen molar-refractivity contribution in [1.29, 1.82) is 0 Å². The minimum absolute atomic E-state index is 0.0490. The van der Waals surface area contributed by atoms with Crippen molar-refractivity contribution in [2.75, 3.05) is 7.11 Å². The summed E-state index contributed by atoms with van der Waals surface area (Å²) in [5.41, 5.74) is 4.61. The summed E-state index contributed by atoms with van der Waals surface area (Å²) in [7, 11) is 1.46. The first-order valence-corrected chi connectivity index (χ1v) is 8.38. The first kappa shape index (κ1) is 17.7. The van der Waals surface area contributed by atoms with Gasteiger partial charge in [0.15, 0.2) is 11.5 Å². The molecule has 0 radical (unpaired) electrons. The van der Waals surface area contributed by atoms with E-state index < -0.39 is 5.91 Å². The minimum atomic E-state index is -0.445. The van der Waals surface area contributed by atoms with Crippen LogP contribution in [0.3, 0.4) is 0 Å². The van der Waals surface area contributed by atoms with Gasteiger partial charge in [-0.1, -0.05) is 34.1 Å². The molecule has 0 unspecified atom stereocenters. The molecule has 0 bridgehead atoms. The van der Waals surface area contributed by atoms with Crippen molar-refractivity contribution >= 4 is 28.1 Å². The molecule has 0 fully saturated rings. The highest BCUT2D eigenvalue weighted by molar-refractivity contribution is 9.10. The minimum Gasteiger partial charge on any atom is -0.504 e. The van der Waals surface area contributed by atoms with Crippen molar-refractivity contribution in [3.8, 4) is 22.8 Å². The molecule has 1 amide bonds. The second-order valence-corrected chi connectivity index (χ2v) is 6.19. The van der Waals surface area contributed by atoms with Crippen molar-refractivity contribution in [3.05, 3.63) is 64.3 Å². The molecule has 26 heavy (non-hydrogen) atoms. The monoisotopic (exact) mass is 414 g/mol. The van der Waals surface area contributed by atoms with E-state index in [0.29, 0.717) is 17.0 Å². The van der Waals surface area contributed by atoms with Crippen LogP contribution in [0.15, 0.2) is 58.1 Å². The summed E-state index contributed by atoms with van der Waals surface area (Å²) in [6, 6.07) is 14.2. The van der Waals surface area contributed by atoms with Crippen LogP contribution in [-0.2, 0) is 0 Å². The molecule has 0 aliphatic heterocycles. The van der Waals surface area contributed by atoms with Crippen LogP contribution in [0.5, 0.6) is 11.5 Å². The number of carbonyl (C=O) groups is 1. The number of nitrogens with zero attached hydrogens (tertiary/aromatic N) is 2. The number of hydrazone groups is 1. The van der Waals surface area contributed by atoms with Gasteiger partial charge in [-0.05, 0) is 30.3 Å². The van der Waals surface area contributed by atoms with Gasteiger partial charge >= 0.3 is 0 Å². The molecular formula is C18H15BrN4O3. The lowest BCUT2D eigenvalue weighted by molar-refractivity contribution is 0.0950. The maximum atomic E-state index is 12.2. The van der Waals surface area contributed by atoms with Crippen molar-refractivity contribution in [2.24, 2.45) is 5.10 Å². The fraction of sp³-hybridized carbons (Fsp3) is 0.0556. The summed E-state index contributed by atoms with van der Waals surface area (Å²) in [4.78, 5) is 12.2. The Hall–Kier alpha value is -3.13. The summed E-state index contributed by atoms with van der Waals surface area (Å²) in [5.74, 6) is -0.167. The first-order chi connectivity index (χ1) is 12.6. The second-order valence-electron chi connectivity index (χ2n) is 5.27. The number of hydrogen-bond acceptors (Lipinski definition) is 5. The highest BCUT2D eigenvalue weighted by atomic mass is 79.9. The average molecular weight is 415 g/mol. The number of aromatic amines is 1. The Balaban J connectivity index is 1.68. The number of halogens is 1. The Bertz CT molecular complexity index is 951. The number of aromatic hydroxyl groups is 1. The highest BCUT2D eigenvalue weighted by Gasteiger charge is 2.11. The lowest BCUT2D eigenvalue weighted by atomic mass is 10.1. The number of methoxy groups -OCH3 is 1. The van der Waals surface area contributed by atoms with Gasteiger partial charge in [0.25, 0.3) is 5.91 Å². The average Bonchev–Trinajstić information content (AvgIpc) is 3.14. The fourth-order valence-electron chi connectivity index (χ4n) is 2.24. The van der Waals surface area contributed by atoms with Crippen molar-refractivity contribution in [1.82, 2.24) is 15.6 Å². The SMILES string of the molecule is COc1cccc(/C=N/NC(=O)c2cc(-c3ccc(Br)cc3)n[nH]2)c1O. The fourth-order valence-corrected chi connectivity index (χ4v) is 2.50. The normalized spacial score (nSPS) is 10.8. The van der Waals surface area contributed by atoms with E-state index in [1.165, 1.54) is 13.3 Å². The van der Waals surface area contributed by atoms with Crippen molar-refractivity contribution in [3.63, 3.8) is 0 Å². The third-order valence-corrected chi connectivity index (χ3v) is 4.11. The molecular weight excluding hydrogens is 400 g/mol. The number of nitrogens with one attached hydrogen (secondary N) is 2. The number of phenols is 1. The molecule has 3 aromatic rings. The summed E-state index contributed by atoms with van der Waals surface area (Å²) >= 11 is 3.37. The van der Waals surface area contributed by atoms with Crippen LogP contribution in [0, 0.1) is 0 Å². The van der Waals surface area contributed by atoms with E-state index in [9.17, 15) is 9.90 Å². The first-order valence-electron chi connectivity index (χ1n) is 7.59. The van der Waals surface area contributed by atoms with Crippen LogP contribution in [0.25, 0.3) is 11.3 Å². The lowest BCUT2D eigenvalue weighted by Crippen LogP contribution is -2.18. The molecule has 3 N–H and O–H groups in total. The number of amides is 1. The lowest BCUT2D eigenvalue weighted by Gasteiger charge is -2.04. The molecule has 0 atom stereocenters.